The van der Waals surface area contributed by atoms with E-state index >= 15 is 0 Å². The number of hydrogen-bond donors (Lipinski definition) is 0. The zero-order valence-corrected chi connectivity index (χ0v) is 16.6. The molecule has 0 unspecified atom stereocenters. The first kappa shape index (κ1) is 19.6. The van der Waals surface area contributed by atoms with Crippen LogP contribution in [0.5, 0.6) is 11.6 Å². The van der Waals surface area contributed by atoms with Gasteiger partial charge in [0.15, 0.2) is 0 Å². The van der Waals surface area contributed by atoms with Crippen LogP contribution in [0.4, 0.5) is 10.3 Å². The molecule has 4 rings (SSSR count). The molecule has 0 bridgehead atoms. The lowest BCUT2D eigenvalue weighted by molar-refractivity contribution is -0.136. The molecule has 2 aliphatic rings. The summed E-state index contributed by atoms with van der Waals surface area (Å²) in [5.74, 6) is 0.937. The van der Waals surface area contributed by atoms with E-state index in [1.165, 1.54) is 25.7 Å². The number of methoxy groups -OCH3 is 1. The van der Waals surface area contributed by atoms with Crippen LogP contribution in [0.3, 0.4) is 0 Å². The molecule has 7 nitrogen and oxygen atoms in total. The van der Waals surface area contributed by atoms with Gasteiger partial charge in [-0.05, 0) is 31.4 Å². The summed E-state index contributed by atoms with van der Waals surface area (Å²) in [6.45, 7) is 2.78. The molecule has 3 heterocycles. The van der Waals surface area contributed by atoms with Gasteiger partial charge in [-0.15, -0.1) is 0 Å². The molecule has 1 aromatic heterocycles. The number of ether oxygens (including phenoxy) is 2. The van der Waals surface area contributed by atoms with E-state index in [9.17, 15) is 9.18 Å². The minimum Gasteiger partial charge on any atom is -0.438 e. The number of hydrogen-bond acceptors (Lipinski definition) is 6. The van der Waals surface area contributed by atoms with Crippen molar-refractivity contribution in [2.75, 3.05) is 38.3 Å². The van der Waals surface area contributed by atoms with E-state index in [0.29, 0.717) is 37.1 Å². The van der Waals surface area contributed by atoms with Crippen molar-refractivity contribution >= 4 is 11.9 Å². The van der Waals surface area contributed by atoms with Crippen LogP contribution >= 0.6 is 0 Å². The molecular formula is C21H25FN4O3. The summed E-state index contributed by atoms with van der Waals surface area (Å²) in [6, 6.07) is 5.98. The predicted molar refractivity (Wildman–Crippen MR) is 106 cm³/mol. The number of aromatic nitrogens is 2. The van der Waals surface area contributed by atoms with Gasteiger partial charge in [0.05, 0.1) is 17.8 Å². The van der Waals surface area contributed by atoms with Crippen molar-refractivity contribution in [2.45, 2.75) is 32.2 Å². The quantitative estimate of drug-likeness (QED) is 0.769. The van der Waals surface area contributed by atoms with Crippen LogP contribution < -0.4 is 9.64 Å². The van der Waals surface area contributed by atoms with Crippen LogP contribution in [-0.4, -0.2) is 54.1 Å². The van der Waals surface area contributed by atoms with Crippen LogP contribution in [0, 0.1) is 5.82 Å². The molecule has 2 aliphatic heterocycles. The second-order valence-electron chi connectivity index (χ2n) is 7.36. The van der Waals surface area contributed by atoms with Crippen molar-refractivity contribution in [3.63, 3.8) is 0 Å². The smallest absolute Gasteiger partial charge is 0.248 e. The average Bonchev–Trinajstić information content (AvgIpc) is 2.74. The number of piperidine rings is 1. The predicted octanol–water partition coefficient (Wildman–Crippen LogP) is 2.93. The molecule has 29 heavy (non-hydrogen) atoms. The number of benzene rings is 1. The molecule has 1 amide bonds. The molecule has 0 radical (unpaired) electrons. The number of rotatable bonds is 5. The van der Waals surface area contributed by atoms with E-state index in [-0.39, 0.29) is 18.3 Å². The summed E-state index contributed by atoms with van der Waals surface area (Å²) < 4.78 is 24.6. The third-order valence-electron chi connectivity index (χ3n) is 5.28. The molecule has 2 aromatic rings. The number of halogens is 1. The molecule has 154 valence electrons. The van der Waals surface area contributed by atoms with Crippen molar-refractivity contribution in [2.24, 2.45) is 0 Å². The Labute approximate surface area is 169 Å². The van der Waals surface area contributed by atoms with Gasteiger partial charge in [-0.2, -0.15) is 4.98 Å². The van der Waals surface area contributed by atoms with Gasteiger partial charge in [-0.1, -0.05) is 6.07 Å². The zero-order chi connectivity index (χ0) is 20.2. The Morgan fingerprint density at radius 1 is 1.17 bits per heavy atom. The van der Waals surface area contributed by atoms with Crippen LogP contribution in [0.2, 0.25) is 0 Å². The van der Waals surface area contributed by atoms with Gasteiger partial charge in [-0.25, -0.2) is 9.37 Å². The first-order valence-electron chi connectivity index (χ1n) is 9.99. The van der Waals surface area contributed by atoms with E-state index in [4.69, 9.17) is 14.5 Å². The molecule has 1 fully saturated rings. The maximum absolute atomic E-state index is 13.6. The highest BCUT2D eigenvalue weighted by atomic mass is 19.1. The number of amides is 1. The Bertz CT molecular complexity index is 886. The fourth-order valence-corrected chi connectivity index (χ4v) is 3.76. The summed E-state index contributed by atoms with van der Waals surface area (Å²) in [6.07, 6.45) is 4.05. The van der Waals surface area contributed by atoms with Crippen molar-refractivity contribution in [3.8, 4) is 11.6 Å². The monoisotopic (exact) mass is 400 g/mol. The second-order valence-corrected chi connectivity index (χ2v) is 7.36. The van der Waals surface area contributed by atoms with Crippen LogP contribution in [0.15, 0.2) is 24.3 Å². The SMILES string of the molecule is COCC(=O)N1CCc2nc(N3CCCCC3)nc(Oc3cccc(F)c3)c2C1. The highest BCUT2D eigenvalue weighted by Gasteiger charge is 2.28. The highest BCUT2D eigenvalue weighted by Crippen LogP contribution is 2.32. The normalized spacial score (nSPS) is 16.5. The first-order valence-corrected chi connectivity index (χ1v) is 9.99. The van der Waals surface area contributed by atoms with E-state index in [2.05, 4.69) is 9.88 Å². The minimum atomic E-state index is -0.376. The van der Waals surface area contributed by atoms with Gasteiger partial charge in [0.1, 0.15) is 18.2 Å². The van der Waals surface area contributed by atoms with E-state index in [0.717, 1.165) is 37.2 Å². The third-order valence-corrected chi connectivity index (χ3v) is 5.28. The Morgan fingerprint density at radius 3 is 2.76 bits per heavy atom. The second kappa shape index (κ2) is 8.73. The number of carbonyl (C=O) groups is 1. The lowest BCUT2D eigenvalue weighted by Gasteiger charge is -2.31. The summed E-state index contributed by atoms with van der Waals surface area (Å²) in [4.78, 5) is 25.6. The number of fused-ring (bicyclic) bond motifs is 1. The maximum Gasteiger partial charge on any atom is 0.248 e. The molecule has 1 aromatic carbocycles. The van der Waals surface area contributed by atoms with Crippen molar-refractivity contribution in [1.29, 1.82) is 0 Å². The standard InChI is InChI=1S/C21H25FN4O3/c1-28-14-19(27)26-11-8-18-17(13-26)20(29-16-7-5-6-15(22)12-16)24-21(23-18)25-9-3-2-4-10-25/h5-7,12H,2-4,8-11,13-14H2,1H3. The molecule has 0 spiro atoms. The zero-order valence-electron chi connectivity index (χ0n) is 16.6. The van der Waals surface area contributed by atoms with Gasteiger partial charge in [0.25, 0.3) is 0 Å². The van der Waals surface area contributed by atoms with Gasteiger partial charge >= 0.3 is 0 Å². The van der Waals surface area contributed by atoms with Gasteiger partial charge < -0.3 is 19.3 Å². The number of nitrogens with zero attached hydrogens (tertiary/aromatic N) is 4. The number of anilines is 1. The van der Waals surface area contributed by atoms with Crippen LogP contribution in [0.25, 0.3) is 0 Å². The van der Waals surface area contributed by atoms with Gasteiger partial charge in [0.2, 0.25) is 17.7 Å². The molecule has 1 saturated heterocycles. The van der Waals surface area contributed by atoms with Crippen LogP contribution in [-0.2, 0) is 22.5 Å². The Hall–Kier alpha value is -2.74. The van der Waals surface area contributed by atoms with E-state index in [1.807, 2.05) is 0 Å². The summed E-state index contributed by atoms with van der Waals surface area (Å²) in [7, 11) is 1.50. The van der Waals surface area contributed by atoms with Crippen molar-refractivity contribution in [3.05, 3.63) is 41.3 Å². The Kier molecular flexibility index (Phi) is 5.89. The van der Waals surface area contributed by atoms with Crippen LogP contribution in [0.1, 0.15) is 30.5 Å². The van der Waals surface area contributed by atoms with Gasteiger partial charge in [0, 0.05) is 39.2 Å². The molecule has 0 atom stereocenters. The molecule has 8 heteroatoms. The molecule has 0 N–H and O–H groups in total. The van der Waals surface area contributed by atoms with Gasteiger partial charge in [-0.3, -0.25) is 4.79 Å². The van der Waals surface area contributed by atoms with E-state index < -0.39 is 0 Å². The minimum absolute atomic E-state index is 0.0299. The van der Waals surface area contributed by atoms with E-state index in [1.54, 1.807) is 17.0 Å². The average molecular weight is 400 g/mol. The molecule has 0 saturated carbocycles. The van der Waals surface area contributed by atoms with Crippen molar-refractivity contribution in [1.82, 2.24) is 14.9 Å². The fourth-order valence-electron chi connectivity index (χ4n) is 3.76. The largest absolute Gasteiger partial charge is 0.438 e. The van der Waals surface area contributed by atoms with Crippen molar-refractivity contribution < 1.29 is 18.7 Å². The summed E-state index contributed by atoms with van der Waals surface area (Å²) >= 11 is 0. The number of carbonyl (C=O) groups excluding carboxylic acids is 1. The molecule has 0 aliphatic carbocycles. The summed E-state index contributed by atoms with van der Waals surface area (Å²) in [5, 5.41) is 0. The third kappa shape index (κ3) is 4.48. The highest BCUT2D eigenvalue weighted by molar-refractivity contribution is 5.77. The summed E-state index contributed by atoms with van der Waals surface area (Å²) in [5.41, 5.74) is 1.65. The topological polar surface area (TPSA) is 67.8 Å². The molecular weight excluding hydrogens is 375 g/mol. The lowest BCUT2D eigenvalue weighted by Crippen LogP contribution is -2.39. The Balaban J connectivity index is 1.68. The fraction of sp³-hybridized carbons (Fsp3) is 0.476. The maximum atomic E-state index is 13.6. The Morgan fingerprint density at radius 2 is 2.00 bits per heavy atom. The lowest BCUT2D eigenvalue weighted by atomic mass is 10.1. The first-order chi connectivity index (χ1) is 14.1.